The summed E-state index contributed by atoms with van der Waals surface area (Å²) in [5.41, 5.74) is 3.47. The molecule has 1 heterocycles. The highest BCUT2D eigenvalue weighted by molar-refractivity contribution is 5.82. The Bertz CT molecular complexity index is 771. The summed E-state index contributed by atoms with van der Waals surface area (Å²) in [7, 11) is 4.76. The lowest BCUT2D eigenvalue weighted by molar-refractivity contribution is 0.324. The van der Waals surface area contributed by atoms with E-state index >= 15 is 0 Å². The fraction of sp³-hybridized carbons (Fsp3) is 0.167. The molecule has 0 fully saturated rings. The van der Waals surface area contributed by atoms with Crippen LogP contribution in [0.1, 0.15) is 0 Å². The van der Waals surface area contributed by atoms with Crippen LogP contribution in [0.25, 0.3) is 22.4 Å². The maximum atomic E-state index is 5.41. The highest BCUT2D eigenvalue weighted by Crippen LogP contribution is 2.43. The molecule has 23 heavy (non-hydrogen) atoms. The van der Waals surface area contributed by atoms with Gasteiger partial charge in [-0.2, -0.15) is 0 Å². The quantitative estimate of drug-likeness (QED) is 0.712. The number of nitrogens with zero attached hydrogens (tertiary/aromatic N) is 1. The number of hydrogen-bond acceptors (Lipinski definition) is 5. The molecule has 118 valence electrons. The lowest BCUT2D eigenvalue weighted by Crippen LogP contribution is -1.95. The molecule has 0 bridgehead atoms. The Morgan fingerprint density at radius 3 is 2.04 bits per heavy atom. The van der Waals surface area contributed by atoms with Gasteiger partial charge in [-0.15, -0.1) is 0 Å². The first kappa shape index (κ1) is 15.0. The van der Waals surface area contributed by atoms with Crippen molar-refractivity contribution in [3.8, 4) is 39.6 Å². The molecule has 3 aromatic rings. The molecule has 0 aliphatic carbocycles. The van der Waals surface area contributed by atoms with Gasteiger partial charge in [-0.3, -0.25) is 0 Å². The van der Waals surface area contributed by atoms with Gasteiger partial charge in [0.05, 0.1) is 21.3 Å². The van der Waals surface area contributed by atoms with Crippen LogP contribution in [0, 0.1) is 0 Å². The number of rotatable bonds is 5. The predicted octanol–water partition coefficient (Wildman–Crippen LogP) is 4.03. The first-order valence-corrected chi connectivity index (χ1v) is 7.08. The number of benzene rings is 2. The Morgan fingerprint density at radius 1 is 0.826 bits per heavy atom. The fourth-order valence-electron chi connectivity index (χ4n) is 2.48. The Balaban J connectivity index is 2.15. The van der Waals surface area contributed by atoms with Crippen molar-refractivity contribution < 1.29 is 18.7 Å². The Labute approximate surface area is 134 Å². The van der Waals surface area contributed by atoms with E-state index in [0.29, 0.717) is 17.2 Å². The molecule has 0 atom stereocenters. The summed E-state index contributed by atoms with van der Waals surface area (Å²) in [6.07, 6.45) is 1.61. The molecule has 0 unspecified atom stereocenters. The molecule has 5 nitrogen and oxygen atoms in total. The van der Waals surface area contributed by atoms with E-state index in [1.807, 2.05) is 42.5 Å². The summed E-state index contributed by atoms with van der Waals surface area (Å²) in [5.74, 6) is 1.72. The number of hydrogen-bond donors (Lipinski definition) is 0. The van der Waals surface area contributed by atoms with Gasteiger partial charge in [0.15, 0.2) is 11.5 Å². The summed E-state index contributed by atoms with van der Waals surface area (Å²) < 4.78 is 21.4. The van der Waals surface area contributed by atoms with Crippen LogP contribution < -0.4 is 14.2 Å². The summed E-state index contributed by atoms with van der Waals surface area (Å²) in [5, 5.41) is 4.13. The van der Waals surface area contributed by atoms with Crippen molar-refractivity contribution in [3.63, 3.8) is 0 Å². The largest absolute Gasteiger partial charge is 0.493 e. The second kappa shape index (κ2) is 6.44. The van der Waals surface area contributed by atoms with Crippen molar-refractivity contribution in [2.24, 2.45) is 0 Å². The van der Waals surface area contributed by atoms with Crippen molar-refractivity contribution >= 4 is 0 Å². The van der Waals surface area contributed by atoms with Gasteiger partial charge in [-0.05, 0) is 17.7 Å². The minimum atomic E-state index is 0.552. The Hall–Kier alpha value is -2.95. The molecule has 0 saturated heterocycles. The maximum absolute atomic E-state index is 5.41. The highest BCUT2D eigenvalue weighted by Gasteiger charge is 2.18. The maximum Gasteiger partial charge on any atom is 0.203 e. The molecule has 0 aliphatic rings. The lowest BCUT2D eigenvalue weighted by Gasteiger charge is -2.14. The van der Waals surface area contributed by atoms with Gasteiger partial charge in [0.2, 0.25) is 5.75 Å². The highest BCUT2D eigenvalue weighted by atomic mass is 16.5. The number of methoxy groups -OCH3 is 3. The van der Waals surface area contributed by atoms with Crippen LogP contribution in [0.5, 0.6) is 17.2 Å². The predicted molar refractivity (Wildman–Crippen MR) is 87.0 cm³/mol. The zero-order valence-corrected chi connectivity index (χ0v) is 13.2. The van der Waals surface area contributed by atoms with E-state index in [1.165, 1.54) is 0 Å². The van der Waals surface area contributed by atoms with Crippen molar-refractivity contribution in [1.29, 1.82) is 0 Å². The number of aromatic nitrogens is 1. The Morgan fingerprint density at radius 2 is 1.48 bits per heavy atom. The van der Waals surface area contributed by atoms with Gasteiger partial charge >= 0.3 is 0 Å². The number of ether oxygens (including phenoxy) is 3. The average molecular weight is 311 g/mol. The van der Waals surface area contributed by atoms with Crippen LogP contribution in [0.4, 0.5) is 0 Å². The summed E-state index contributed by atoms with van der Waals surface area (Å²) in [6, 6.07) is 13.6. The van der Waals surface area contributed by atoms with E-state index in [4.69, 9.17) is 18.7 Å². The molecule has 0 aliphatic heterocycles. The van der Waals surface area contributed by atoms with Crippen molar-refractivity contribution in [3.05, 3.63) is 48.7 Å². The molecule has 0 amide bonds. The SMILES string of the molecule is COc1cc(-c2conc2-c2ccccc2)cc(OC)c1OC. The van der Waals surface area contributed by atoms with Gasteiger partial charge in [-0.25, -0.2) is 0 Å². The molecule has 0 N–H and O–H groups in total. The zero-order valence-electron chi connectivity index (χ0n) is 13.2. The summed E-state index contributed by atoms with van der Waals surface area (Å²) in [6.45, 7) is 0. The topological polar surface area (TPSA) is 53.7 Å². The molecule has 3 rings (SSSR count). The van der Waals surface area contributed by atoms with Crippen LogP contribution >= 0.6 is 0 Å². The molecule has 0 radical (unpaired) electrons. The molecule has 0 spiro atoms. The van der Waals surface area contributed by atoms with Gasteiger partial charge < -0.3 is 18.7 Å². The second-order valence-corrected chi connectivity index (χ2v) is 4.86. The van der Waals surface area contributed by atoms with E-state index < -0.39 is 0 Å². The standard InChI is InChI=1S/C18H17NO4/c1-20-15-9-13(10-16(21-2)18(15)22-3)14-11-23-19-17(14)12-7-5-4-6-8-12/h4-11H,1-3H3. The Kier molecular flexibility index (Phi) is 4.19. The third-order valence-corrected chi connectivity index (χ3v) is 3.59. The molecular formula is C18H17NO4. The third-order valence-electron chi connectivity index (χ3n) is 3.59. The smallest absolute Gasteiger partial charge is 0.203 e. The molecule has 5 heteroatoms. The van der Waals surface area contributed by atoms with Crippen molar-refractivity contribution in [2.45, 2.75) is 0 Å². The fourth-order valence-corrected chi connectivity index (χ4v) is 2.48. The summed E-state index contributed by atoms with van der Waals surface area (Å²) >= 11 is 0. The van der Waals surface area contributed by atoms with E-state index in [-0.39, 0.29) is 0 Å². The van der Waals surface area contributed by atoms with Crippen LogP contribution in [0.3, 0.4) is 0 Å². The monoisotopic (exact) mass is 311 g/mol. The van der Waals surface area contributed by atoms with E-state index in [9.17, 15) is 0 Å². The minimum Gasteiger partial charge on any atom is -0.493 e. The third kappa shape index (κ3) is 2.73. The molecule has 1 aromatic heterocycles. The minimum absolute atomic E-state index is 0.552. The lowest BCUT2D eigenvalue weighted by atomic mass is 10.0. The van der Waals surface area contributed by atoms with Gasteiger partial charge in [0.25, 0.3) is 0 Å². The van der Waals surface area contributed by atoms with Crippen LogP contribution in [0.15, 0.2) is 53.3 Å². The van der Waals surface area contributed by atoms with E-state index in [2.05, 4.69) is 5.16 Å². The van der Waals surface area contributed by atoms with Crippen molar-refractivity contribution in [2.75, 3.05) is 21.3 Å². The van der Waals surface area contributed by atoms with Gasteiger partial charge in [0, 0.05) is 11.1 Å². The van der Waals surface area contributed by atoms with E-state index in [0.717, 1.165) is 22.4 Å². The molecular weight excluding hydrogens is 294 g/mol. The summed E-state index contributed by atoms with van der Waals surface area (Å²) in [4.78, 5) is 0. The van der Waals surface area contributed by atoms with Crippen molar-refractivity contribution in [1.82, 2.24) is 5.16 Å². The van der Waals surface area contributed by atoms with Crippen LogP contribution in [-0.2, 0) is 0 Å². The normalized spacial score (nSPS) is 10.4. The first-order valence-electron chi connectivity index (χ1n) is 7.08. The average Bonchev–Trinajstić information content (AvgIpc) is 3.10. The van der Waals surface area contributed by atoms with Gasteiger partial charge in [-0.1, -0.05) is 35.5 Å². The molecule has 2 aromatic carbocycles. The van der Waals surface area contributed by atoms with Gasteiger partial charge in [0.1, 0.15) is 12.0 Å². The van der Waals surface area contributed by atoms with E-state index in [1.54, 1.807) is 27.6 Å². The first-order chi connectivity index (χ1) is 11.3. The van der Waals surface area contributed by atoms with Crippen LogP contribution in [0.2, 0.25) is 0 Å². The molecule has 0 saturated carbocycles. The zero-order chi connectivity index (χ0) is 16.2. The van der Waals surface area contributed by atoms with Crippen LogP contribution in [-0.4, -0.2) is 26.5 Å². The second-order valence-electron chi connectivity index (χ2n) is 4.86.